The molecule has 25 heavy (non-hydrogen) atoms. The van der Waals surface area contributed by atoms with Gasteiger partial charge in [0, 0.05) is 26.1 Å². The number of fused-ring (bicyclic) bond motifs is 1. The van der Waals surface area contributed by atoms with Crippen molar-refractivity contribution in [1.29, 1.82) is 0 Å². The molecule has 2 heterocycles. The SMILES string of the molecule is CCNC(=NCc1ccc2c(c1)OCCCO2)NCC1CCCO1.I. The van der Waals surface area contributed by atoms with E-state index in [2.05, 4.69) is 22.5 Å². The fourth-order valence-electron chi connectivity index (χ4n) is 2.83. The largest absolute Gasteiger partial charge is 0.490 e. The Morgan fingerprint density at radius 1 is 1.12 bits per heavy atom. The Morgan fingerprint density at radius 2 is 1.96 bits per heavy atom. The van der Waals surface area contributed by atoms with Gasteiger partial charge >= 0.3 is 0 Å². The number of benzene rings is 1. The summed E-state index contributed by atoms with van der Waals surface area (Å²) >= 11 is 0. The molecule has 140 valence electrons. The number of aliphatic imine (C=N–C) groups is 1. The lowest BCUT2D eigenvalue weighted by atomic mass is 10.2. The summed E-state index contributed by atoms with van der Waals surface area (Å²) in [7, 11) is 0. The van der Waals surface area contributed by atoms with Gasteiger partial charge in [-0.3, -0.25) is 0 Å². The molecule has 0 amide bonds. The first-order chi connectivity index (χ1) is 11.8. The van der Waals surface area contributed by atoms with E-state index in [0.29, 0.717) is 25.9 Å². The van der Waals surface area contributed by atoms with Crippen LogP contribution in [0.3, 0.4) is 0 Å². The Balaban J connectivity index is 0.00000225. The summed E-state index contributed by atoms with van der Waals surface area (Å²) in [5.41, 5.74) is 1.11. The van der Waals surface area contributed by atoms with Gasteiger partial charge in [0.05, 0.1) is 25.9 Å². The molecule has 0 bridgehead atoms. The van der Waals surface area contributed by atoms with Crippen molar-refractivity contribution in [2.24, 2.45) is 4.99 Å². The second-order valence-electron chi connectivity index (χ2n) is 6.04. The van der Waals surface area contributed by atoms with Gasteiger partial charge in [-0.05, 0) is 37.5 Å². The van der Waals surface area contributed by atoms with E-state index in [-0.39, 0.29) is 24.0 Å². The van der Waals surface area contributed by atoms with E-state index in [0.717, 1.165) is 62.0 Å². The van der Waals surface area contributed by atoms with Crippen LogP contribution >= 0.6 is 24.0 Å². The minimum Gasteiger partial charge on any atom is -0.490 e. The van der Waals surface area contributed by atoms with Crippen LogP contribution < -0.4 is 20.1 Å². The van der Waals surface area contributed by atoms with Crippen molar-refractivity contribution in [2.45, 2.75) is 38.8 Å². The van der Waals surface area contributed by atoms with E-state index < -0.39 is 0 Å². The van der Waals surface area contributed by atoms with Gasteiger partial charge in [0.2, 0.25) is 0 Å². The second-order valence-corrected chi connectivity index (χ2v) is 6.04. The average Bonchev–Trinajstić information content (AvgIpc) is 3.01. The van der Waals surface area contributed by atoms with Crippen molar-refractivity contribution < 1.29 is 14.2 Å². The van der Waals surface area contributed by atoms with E-state index in [1.165, 1.54) is 0 Å². The number of guanidine groups is 1. The molecule has 2 aliphatic rings. The van der Waals surface area contributed by atoms with E-state index in [1.807, 2.05) is 18.2 Å². The third-order valence-electron chi connectivity index (χ3n) is 4.10. The maximum absolute atomic E-state index is 5.74. The quantitative estimate of drug-likeness (QED) is 0.401. The molecular formula is C18H28IN3O3. The third kappa shape index (κ3) is 6.22. The fraction of sp³-hybridized carbons (Fsp3) is 0.611. The van der Waals surface area contributed by atoms with Gasteiger partial charge in [0.25, 0.3) is 0 Å². The van der Waals surface area contributed by atoms with E-state index in [4.69, 9.17) is 14.2 Å². The summed E-state index contributed by atoms with van der Waals surface area (Å²) in [6.45, 7) is 6.57. The van der Waals surface area contributed by atoms with Crippen LogP contribution in [0.5, 0.6) is 11.5 Å². The number of rotatable bonds is 5. The summed E-state index contributed by atoms with van der Waals surface area (Å²) in [4.78, 5) is 4.66. The average molecular weight is 461 g/mol. The zero-order valence-electron chi connectivity index (χ0n) is 14.8. The highest BCUT2D eigenvalue weighted by Gasteiger charge is 2.15. The zero-order chi connectivity index (χ0) is 16.6. The molecule has 1 atom stereocenters. The van der Waals surface area contributed by atoms with Crippen molar-refractivity contribution in [3.63, 3.8) is 0 Å². The van der Waals surface area contributed by atoms with Crippen molar-refractivity contribution in [1.82, 2.24) is 10.6 Å². The summed E-state index contributed by atoms with van der Waals surface area (Å²) in [6, 6.07) is 6.03. The van der Waals surface area contributed by atoms with Crippen LogP contribution in [0.4, 0.5) is 0 Å². The second kappa shape index (κ2) is 10.7. The number of hydrogen-bond acceptors (Lipinski definition) is 4. The summed E-state index contributed by atoms with van der Waals surface area (Å²) < 4.78 is 17.0. The normalized spacial score (nSPS) is 19.7. The predicted octanol–water partition coefficient (Wildman–Crippen LogP) is 2.70. The highest BCUT2D eigenvalue weighted by Crippen LogP contribution is 2.30. The first-order valence-corrected chi connectivity index (χ1v) is 8.87. The van der Waals surface area contributed by atoms with Crippen LogP contribution in [0.15, 0.2) is 23.2 Å². The molecule has 1 unspecified atom stereocenters. The standard InChI is InChI=1S/C18H27N3O3.HI/c1-2-19-18(21-13-15-5-3-8-22-15)20-12-14-6-7-16-17(11-14)24-10-4-9-23-16;/h6-7,11,15H,2-5,8-10,12-13H2,1H3,(H2,19,20,21);1H. The molecule has 1 fully saturated rings. The lowest BCUT2D eigenvalue weighted by Gasteiger charge is -2.15. The highest BCUT2D eigenvalue weighted by molar-refractivity contribution is 14.0. The summed E-state index contributed by atoms with van der Waals surface area (Å²) in [5, 5.41) is 6.64. The molecule has 7 heteroatoms. The number of halogens is 1. The van der Waals surface area contributed by atoms with Gasteiger partial charge in [0.1, 0.15) is 0 Å². The van der Waals surface area contributed by atoms with Gasteiger partial charge in [-0.2, -0.15) is 0 Å². The Morgan fingerprint density at radius 3 is 2.72 bits per heavy atom. The molecule has 0 aromatic heterocycles. The van der Waals surface area contributed by atoms with Crippen LogP contribution in [0, 0.1) is 0 Å². The smallest absolute Gasteiger partial charge is 0.191 e. The molecular weight excluding hydrogens is 433 g/mol. The lowest BCUT2D eigenvalue weighted by Crippen LogP contribution is -2.41. The molecule has 2 N–H and O–H groups in total. The van der Waals surface area contributed by atoms with Gasteiger partial charge in [-0.15, -0.1) is 24.0 Å². The topological polar surface area (TPSA) is 64.1 Å². The van der Waals surface area contributed by atoms with Crippen LogP contribution in [-0.2, 0) is 11.3 Å². The summed E-state index contributed by atoms with van der Waals surface area (Å²) in [5.74, 6) is 2.46. The lowest BCUT2D eigenvalue weighted by molar-refractivity contribution is 0.114. The maximum atomic E-state index is 5.74. The molecule has 1 aromatic rings. The Bertz CT molecular complexity index is 562. The van der Waals surface area contributed by atoms with Gasteiger partial charge in [0.15, 0.2) is 17.5 Å². The third-order valence-corrected chi connectivity index (χ3v) is 4.10. The maximum Gasteiger partial charge on any atom is 0.191 e. The molecule has 1 aromatic carbocycles. The van der Waals surface area contributed by atoms with E-state index in [1.54, 1.807) is 0 Å². The van der Waals surface area contributed by atoms with Gasteiger partial charge < -0.3 is 24.8 Å². The monoisotopic (exact) mass is 461 g/mol. The molecule has 0 saturated carbocycles. The van der Waals surface area contributed by atoms with E-state index >= 15 is 0 Å². The Labute approximate surface area is 166 Å². The fourth-order valence-corrected chi connectivity index (χ4v) is 2.83. The molecule has 2 aliphatic heterocycles. The Kier molecular flexibility index (Phi) is 8.60. The minimum absolute atomic E-state index is 0. The molecule has 0 radical (unpaired) electrons. The van der Waals surface area contributed by atoms with Crippen molar-refractivity contribution in [3.05, 3.63) is 23.8 Å². The minimum atomic E-state index is 0. The predicted molar refractivity (Wildman–Crippen MR) is 109 cm³/mol. The molecule has 0 aliphatic carbocycles. The van der Waals surface area contributed by atoms with Crippen molar-refractivity contribution in [2.75, 3.05) is 32.9 Å². The number of nitrogens with one attached hydrogen (secondary N) is 2. The van der Waals surface area contributed by atoms with Crippen molar-refractivity contribution in [3.8, 4) is 11.5 Å². The molecule has 0 spiro atoms. The molecule has 3 rings (SSSR count). The summed E-state index contributed by atoms with van der Waals surface area (Å²) in [6.07, 6.45) is 3.48. The van der Waals surface area contributed by atoms with Crippen LogP contribution in [0.1, 0.15) is 31.7 Å². The van der Waals surface area contributed by atoms with Gasteiger partial charge in [-0.25, -0.2) is 4.99 Å². The number of nitrogens with zero attached hydrogens (tertiary/aromatic N) is 1. The number of hydrogen-bond donors (Lipinski definition) is 2. The van der Waals surface area contributed by atoms with E-state index in [9.17, 15) is 0 Å². The first kappa shape index (κ1) is 20.1. The van der Waals surface area contributed by atoms with Crippen molar-refractivity contribution >= 4 is 29.9 Å². The van der Waals surface area contributed by atoms with Gasteiger partial charge in [-0.1, -0.05) is 6.07 Å². The highest BCUT2D eigenvalue weighted by atomic mass is 127. The van der Waals surface area contributed by atoms with Crippen LogP contribution in [-0.4, -0.2) is 45.0 Å². The first-order valence-electron chi connectivity index (χ1n) is 8.87. The van der Waals surface area contributed by atoms with Crippen LogP contribution in [0.25, 0.3) is 0 Å². The molecule has 6 nitrogen and oxygen atoms in total. The van der Waals surface area contributed by atoms with Crippen LogP contribution in [0.2, 0.25) is 0 Å². The Hall–Kier alpha value is -1.22. The molecule has 1 saturated heterocycles. The number of ether oxygens (including phenoxy) is 3. The zero-order valence-corrected chi connectivity index (χ0v) is 17.1.